The largest absolute Gasteiger partial charge is 0.496 e. The van der Waals surface area contributed by atoms with Gasteiger partial charge in [0, 0.05) is 45.3 Å². The van der Waals surface area contributed by atoms with Crippen LogP contribution in [-0.2, 0) is 11.3 Å². The molecular weight excluding hydrogens is 362 g/mol. The van der Waals surface area contributed by atoms with Crippen molar-refractivity contribution in [3.05, 3.63) is 65.2 Å². The topological polar surface area (TPSA) is 46.1 Å². The molecule has 1 heterocycles. The van der Waals surface area contributed by atoms with Crippen molar-refractivity contribution in [2.24, 2.45) is 10.9 Å². The molecule has 0 saturated carbocycles. The molecule has 0 spiro atoms. The van der Waals surface area contributed by atoms with E-state index in [9.17, 15) is 0 Å². The quantitative estimate of drug-likeness (QED) is 0.589. The van der Waals surface area contributed by atoms with Crippen molar-refractivity contribution < 1.29 is 9.47 Å². The lowest BCUT2D eigenvalue weighted by atomic mass is 9.89. The van der Waals surface area contributed by atoms with Gasteiger partial charge in [-0.3, -0.25) is 4.99 Å². The van der Waals surface area contributed by atoms with Gasteiger partial charge >= 0.3 is 0 Å². The first-order chi connectivity index (χ1) is 14.1. The normalized spacial score (nSPS) is 19.7. The Kier molecular flexibility index (Phi) is 7.53. The third-order valence-electron chi connectivity index (χ3n) is 5.55. The molecule has 1 N–H and O–H groups in total. The fraction of sp³-hybridized carbons (Fsp3) is 0.458. The summed E-state index contributed by atoms with van der Waals surface area (Å²) >= 11 is 0. The van der Waals surface area contributed by atoms with Crippen LogP contribution in [0.4, 0.5) is 0 Å². The number of para-hydroxylation sites is 1. The van der Waals surface area contributed by atoms with Gasteiger partial charge in [0.2, 0.25) is 0 Å². The van der Waals surface area contributed by atoms with Gasteiger partial charge in [0.1, 0.15) is 5.75 Å². The number of aryl methyl sites for hydroxylation is 1. The average Bonchev–Trinajstić information content (AvgIpc) is 2.75. The smallest absolute Gasteiger partial charge is 0.193 e. The second-order valence-electron chi connectivity index (χ2n) is 7.70. The molecule has 5 heteroatoms. The molecule has 2 unspecified atom stereocenters. The van der Waals surface area contributed by atoms with Crippen LogP contribution in [0, 0.1) is 12.8 Å². The van der Waals surface area contributed by atoms with E-state index in [1.54, 1.807) is 7.11 Å². The van der Waals surface area contributed by atoms with Gasteiger partial charge in [-0.25, -0.2) is 0 Å². The number of aliphatic imine (C=N–C) groups is 1. The third kappa shape index (κ3) is 5.51. The van der Waals surface area contributed by atoms with Crippen LogP contribution >= 0.6 is 0 Å². The minimum atomic E-state index is 0.134. The van der Waals surface area contributed by atoms with E-state index in [4.69, 9.17) is 9.47 Å². The minimum Gasteiger partial charge on any atom is -0.496 e. The predicted molar refractivity (Wildman–Crippen MR) is 118 cm³/mol. The van der Waals surface area contributed by atoms with E-state index in [0.717, 1.165) is 49.8 Å². The van der Waals surface area contributed by atoms with Gasteiger partial charge in [-0.15, -0.1) is 0 Å². The van der Waals surface area contributed by atoms with Crippen molar-refractivity contribution in [1.82, 2.24) is 10.2 Å². The maximum atomic E-state index is 6.16. The summed E-state index contributed by atoms with van der Waals surface area (Å²) in [7, 11) is 5.59. The summed E-state index contributed by atoms with van der Waals surface area (Å²) in [5.41, 5.74) is 3.68. The fourth-order valence-electron chi connectivity index (χ4n) is 3.95. The van der Waals surface area contributed by atoms with Crippen LogP contribution in [0.25, 0.3) is 0 Å². The van der Waals surface area contributed by atoms with Crippen LogP contribution in [0.2, 0.25) is 0 Å². The summed E-state index contributed by atoms with van der Waals surface area (Å²) < 4.78 is 11.6. The van der Waals surface area contributed by atoms with E-state index in [2.05, 4.69) is 59.5 Å². The summed E-state index contributed by atoms with van der Waals surface area (Å²) in [6, 6.07) is 16.8. The first kappa shape index (κ1) is 21.2. The van der Waals surface area contributed by atoms with E-state index in [1.165, 1.54) is 11.1 Å². The number of rotatable bonds is 6. The van der Waals surface area contributed by atoms with E-state index in [0.29, 0.717) is 5.92 Å². The monoisotopic (exact) mass is 395 g/mol. The fourth-order valence-corrected chi connectivity index (χ4v) is 3.95. The van der Waals surface area contributed by atoms with E-state index in [-0.39, 0.29) is 6.10 Å². The van der Waals surface area contributed by atoms with Crippen molar-refractivity contribution in [3.8, 4) is 5.75 Å². The highest BCUT2D eigenvalue weighted by molar-refractivity contribution is 5.79. The molecule has 0 amide bonds. The molecule has 2 aromatic rings. The van der Waals surface area contributed by atoms with Gasteiger partial charge < -0.3 is 19.7 Å². The standard InChI is InChI=1S/C24H33N3O2/c1-18-11-13-19(14-12-18)23-20(9-7-15-29-23)16-26-24(25-2)27(3)17-21-8-5-6-10-22(21)28-4/h5-6,8,10-14,20,23H,7,9,15-17H2,1-4H3,(H,25,26). The highest BCUT2D eigenvalue weighted by Gasteiger charge is 2.27. The lowest BCUT2D eigenvalue weighted by Gasteiger charge is -2.33. The number of ether oxygens (including phenoxy) is 2. The van der Waals surface area contributed by atoms with Crippen molar-refractivity contribution in [2.45, 2.75) is 32.4 Å². The molecule has 0 radical (unpaired) electrons. The second-order valence-corrected chi connectivity index (χ2v) is 7.70. The molecule has 3 rings (SSSR count). The van der Waals surface area contributed by atoms with Gasteiger partial charge in [-0.05, 0) is 31.4 Å². The van der Waals surface area contributed by atoms with Gasteiger partial charge in [0.25, 0.3) is 0 Å². The lowest BCUT2D eigenvalue weighted by Crippen LogP contribution is -2.42. The Bertz CT molecular complexity index is 804. The maximum absolute atomic E-state index is 6.16. The first-order valence-electron chi connectivity index (χ1n) is 10.3. The molecule has 2 aromatic carbocycles. The predicted octanol–water partition coefficient (Wildman–Crippen LogP) is 4.18. The Labute approximate surface area is 174 Å². The zero-order valence-corrected chi connectivity index (χ0v) is 18.0. The molecule has 0 aromatic heterocycles. The first-order valence-corrected chi connectivity index (χ1v) is 10.3. The maximum Gasteiger partial charge on any atom is 0.193 e. The molecule has 1 aliphatic rings. The number of hydrogen-bond donors (Lipinski definition) is 1. The van der Waals surface area contributed by atoms with Crippen LogP contribution in [-0.4, -0.2) is 45.2 Å². The van der Waals surface area contributed by atoms with Gasteiger partial charge in [-0.1, -0.05) is 48.0 Å². The Morgan fingerprint density at radius 2 is 1.97 bits per heavy atom. The summed E-state index contributed by atoms with van der Waals surface area (Å²) in [6.45, 7) is 4.51. The van der Waals surface area contributed by atoms with E-state index in [1.807, 2.05) is 25.2 Å². The van der Waals surface area contributed by atoms with Crippen molar-refractivity contribution in [1.29, 1.82) is 0 Å². The zero-order chi connectivity index (χ0) is 20.6. The second kappa shape index (κ2) is 10.3. The Balaban J connectivity index is 1.63. The average molecular weight is 396 g/mol. The number of benzene rings is 2. The van der Waals surface area contributed by atoms with Gasteiger partial charge in [0.15, 0.2) is 5.96 Å². The molecule has 1 aliphatic heterocycles. The van der Waals surface area contributed by atoms with Crippen LogP contribution in [0.3, 0.4) is 0 Å². The number of hydrogen-bond acceptors (Lipinski definition) is 3. The summed E-state index contributed by atoms with van der Waals surface area (Å²) in [5.74, 6) is 2.20. The number of methoxy groups -OCH3 is 1. The summed E-state index contributed by atoms with van der Waals surface area (Å²) in [5, 5.41) is 3.56. The van der Waals surface area contributed by atoms with Crippen LogP contribution < -0.4 is 10.1 Å². The van der Waals surface area contributed by atoms with Crippen LogP contribution in [0.5, 0.6) is 5.75 Å². The highest BCUT2D eigenvalue weighted by atomic mass is 16.5. The zero-order valence-electron chi connectivity index (χ0n) is 18.0. The van der Waals surface area contributed by atoms with Crippen LogP contribution in [0.15, 0.2) is 53.5 Å². The lowest BCUT2D eigenvalue weighted by molar-refractivity contribution is -0.0266. The number of guanidine groups is 1. The minimum absolute atomic E-state index is 0.134. The van der Waals surface area contributed by atoms with E-state index >= 15 is 0 Å². The molecule has 29 heavy (non-hydrogen) atoms. The van der Waals surface area contributed by atoms with Crippen molar-refractivity contribution >= 4 is 5.96 Å². The summed E-state index contributed by atoms with van der Waals surface area (Å²) in [4.78, 5) is 6.61. The Morgan fingerprint density at radius 1 is 1.21 bits per heavy atom. The Morgan fingerprint density at radius 3 is 2.69 bits per heavy atom. The molecule has 2 atom stereocenters. The summed E-state index contributed by atoms with van der Waals surface area (Å²) in [6.07, 6.45) is 2.39. The number of nitrogens with zero attached hydrogens (tertiary/aromatic N) is 2. The third-order valence-corrected chi connectivity index (χ3v) is 5.55. The molecule has 156 valence electrons. The SMILES string of the molecule is CN=C(NCC1CCCOC1c1ccc(C)cc1)N(C)Cc1ccccc1OC. The molecule has 5 nitrogen and oxygen atoms in total. The Hall–Kier alpha value is -2.53. The van der Waals surface area contributed by atoms with Crippen molar-refractivity contribution in [3.63, 3.8) is 0 Å². The molecule has 1 fully saturated rings. The molecular formula is C24H33N3O2. The molecule has 0 bridgehead atoms. The number of nitrogens with one attached hydrogen (secondary N) is 1. The highest BCUT2D eigenvalue weighted by Crippen LogP contribution is 2.33. The molecule has 0 aliphatic carbocycles. The van der Waals surface area contributed by atoms with Crippen LogP contribution in [0.1, 0.15) is 35.6 Å². The van der Waals surface area contributed by atoms with Gasteiger partial charge in [-0.2, -0.15) is 0 Å². The molecule has 1 saturated heterocycles. The van der Waals surface area contributed by atoms with Gasteiger partial charge in [0.05, 0.1) is 13.2 Å². The van der Waals surface area contributed by atoms with Crippen molar-refractivity contribution in [2.75, 3.05) is 34.4 Å². The van der Waals surface area contributed by atoms with E-state index < -0.39 is 0 Å².